The van der Waals surface area contributed by atoms with Crippen molar-refractivity contribution in [2.24, 2.45) is 0 Å². The second-order valence-electron chi connectivity index (χ2n) is 6.60. The Bertz CT molecular complexity index is 365. The van der Waals surface area contributed by atoms with E-state index in [9.17, 15) is 0 Å². The maximum Gasteiger partial charge on any atom is 0.118 e. The quantitative estimate of drug-likeness (QED) is 0.765. The molecule has 0 aromatic carbocycles. The molecule has 110 valence electrons. The highest BCUT2D eigenvalue weighted by Gasteiger charge is 2.12. The molecular weight excluding hydrogens is 236 g/mol. The van der Waals surface area contributed by atoms with Gasteiger partial charge in [-0.05, 0) is 73.2 Å². The number of hydrogen-bond acceptors (Lipinski definition) is 3. The third-order valence-electron chi connectivity index (χ3n) is 3.41. The number of rotatable bonds is 7. The van der Waals surface area contributed by atoms with Gasteiger partial charge in [0.05, 0.1) is 6.54 Å². The lowest BCUT2D eigenvalue weighted by Crippen LogP contribution is -2.37. The van der Waals surface area contributed by atoms with E-state index in [-0.39, 0.29) is 5.54 Å². The van der Waals surface area contributed by atoms with Crippen molar-refractivity contribution in [3.8, 4) is 0 Å². The molecule has 0 bridgehead atoms. The first-order chi connectivity index (χ1) is 8.78. The Kier molecular flexibility index (Phi) is 6.08. The summed E-state index contributed by atoms with van der Waals surface area (Å²) in [7, 11) is 2.17. The maximum absolute atomic E-state index is 5.62. The Morgan fingerprint density at radius 3 is 2.53 bits per heavy atom. The van der Waals surface area contributed by atoms with Crippen molar-refractivity contribution < 1.29 is 4.42 Å². The Morgan fingerprint density at radius 2 is 2.00 bits per heavy atom. The van der Waals surface area contributed by atoms with Gasteiger partial charge in [0.2, 0.25) is 0 Å². The van der Waals surface area contributed by atoms with Gasteiger partial charge in [0.15, 0.2) is 0 Å². The van der Waals surface area contributed by atoms with E-state index in [2.05, 4.69) is 51.0 Å². The summed E-state index contributed by atoms with van der Waals surface area (Å²) in [4.78, 5) is 2.36. The van der Waals surface area contributed by atoms with Gasteiger partial charge in [-0.1, -0.05) is 0 Å². The third-order valence-corrected chi connectivity index (χ3v) is 3.41. The molecule has 0 aliphatic heterocycles. The molecule has 0 amide bonds. The fourth-order valence-corrected chi connectivity index (χ4v) is 2.05. The molecule has 3 nitrogen and oxygen atoms in total. The molecule has 0 aliphatic carbocycles. The van der Waals surface area contributed by atoms with E-state index in [1.807, 2.05) is 13.0 Å². The largest absolute Gasteiger partial charge is 0.465 e. The van der Waals surface area contributed by atoms with Gasteiger partial charge in [0.25, 0.3) is 0 Å². The molecule has 0 radical (unpaired) electrons. The fraction of sp³-hybridized carbons (Fsp3) is 0.750. The van der Waals surface area contributed by atoms with Gasteiger partial charge < -0.3 is 9.73 Å². The molecule has 0 spiro atoms. The highest BCUT2D eigenvalue weighted by Crippen LogP contribution is 2.12. The standard InChI is InChI=1S/C16H30N2O/c1-13(8-7-11-17-16(3,4)5)18(6)12-15-10-9-14(2)19-15/h9-10,13,17H,7-8,11-12H2,1-6H3. The van der Waals surface area contributed by atoms with Crippen molar-refractivity contribution in [3.63, 3.8) is 0 Å². The van der Waals surface area contributed by atoms with Gasteiger partial charge in [-0.25, -0.2) is 0 Å². The molecule has 1 aromatic rings. The van der Waals surface area contributed by atoms with Crippen molar-refractivity contribution in [2.45, 2.75) is 65.6 Å². The Hall–Kier alpha value is -0.800. The van der Waals surface area contributed by atoms with Gasteiger partial charge in [0, 0.05) is 11.6 Å². The van der Waals surface area contributed by atoms with Crippen LogP contribution in [0.1, 0.15) is 52.1 Å². The van der Waals surface area contributed by atoms with Crippen molar-refractivity contribution in [1.82, 2.24) is 10.2 Å². The number of hydrogen-bond donors (Lipinski definition) is 1. The van der Waals surface area contributed by atoms with Crippen molar-refractivity contribution in [3.05, 3.63) is 23.7 Å². The smallest absolute Gasteiger partial charge is 0.118 e. The Morgan fingerprint density at radius 1 is 1.32 bits per heavy atom. The first-order valence-corrected chi connectivity index (χ1v) is 7.28. The second-order valence-corrected chi connectivity index (χ2v) is 6.60. The average molecular weight is 266 g/mol. The zero-order valence-electron chi connectivity index (χ0n) is 13.4. The fourth-order valence-electron chi connectivity index (χ4n) is 2.05. The van der Waals surface area contributed by atoms with Crippen LogP contribution in [0.3, 0.4) is 0 Å². The van der Waals surface area contributed by atoms with Gasteiger partial charge in [-0.2, -0.15) is 0 Å². The lowest BCUT2D eigenvalue weighted by Gasteiger charge is -2.25. The topological polar surface area (TPSA) is 28.4 Å². The number of furan rings is 1. The van der Waals surface area contributed by atoms with Crippen LogP contribution in [0.5, 0.6) is 0 Å². The van der Waals surface area contributed by atoms with Crippen LogP contribution >= 0.6 is 0 Å². The summed E-state index contributed by atoms with van der Waals surface area (Å²) in [5.41, 5.74) is 0.223. The molecule has 0 aliphatic rings. The molecule has 0 saturated carbocycles. The van der Waals surface area contributed by atoms with E-state index in [1.165, 1.54) is 12.8 Å². The summed E-state index contributed by atoms with van der Waals surface area (Å²) in [5, 5.41) is 3.53. The van der Waals surface area contributed by atoms with Crippen LogP contribution in [0.15, 0.2) is 16.5 Å². The van der Waals surface area contributed by atoms with Crippen LogP contribution in [0.25, 0.3) is 0 Å². The molecule has 3 heteroatoms. The highest BCUT2D eigenvalue weighted by molar-refractivity contribution is 5.05. The van der Waals surface area contributed by atoms with Crippen molar-refractivity contribution in [2.75, 3.05) is 13.6 Å². The molecular formula is C16H30N2O. The minimum atomic E-state index is 0.223. The van der Waals surface area contributed by atoms with E-state index in [4.69, 9.17) is 4.42 Å². The summed E-state index contributed by atoms with van der Waals surface area (Å²) in [6, 6.07) is 4.67. The van der Waals surface area contributed by atoms with Crippen LogP contribution in [-0.4, -0.2) is 30.1 Å². The molecule has 1 N–H and O–H groups in total. The summed E-state index contributed by atoms with van der Waals surface area (Å²) in [6.07, 6.45) is 2.42. The molecule has 1 rings (SSSR count). The summed E-state index contributed by atoms with van der Waals surface area (Å²) < 4.78 is 5.62. The number of nitrogens with one attached hydrogen (secondary N) is 1. The summed E-state index contributed by atoms with van der Waals surface area (Å²) >= 11 is 0. The van der Waals surface area contributed by atoms with E-state index in [1.54, 1.807) is 0 Å². The first kappa shape index (κ1) is 16.3. The molecule has 0 saturated heterocycles. The zero-order valence-corrected chi connectivity index (χ0v) is 13.4. The average Bonchev–Trinajstić information content (AvgIpc) is 2.68. The van der Waals surface area contributed by atoms with E-state index >= 15 is 0 Å². The number of aryl methyl sites for hydroxylation is 1. The second kappa shape index (κ2) is 7.11. The Balaban J connectivity index is 2.23. The number of nitrogens with zero attached hydrogens (tertiary/aromatic N) is 1. The van der Waals surface area contributed by atoms with Crippen LogP contribution in [-0.2, 0) is 6.54 Å². The lowest BCUT2D eigenvalue weighted by molar-refractivity contribution is 0.214. The van der Waals surface area contributed by atoms with Crippen LogP contribution in [0, 0.1) is 6.92 Å². The summed E-state index contributed by atoms with van der Waals surface area (Å²) in [6.45, 7) is 12.9. The third kappa shape index (κ3) is 6.79. The van der Waals surface area contributed by atoms with Crippen LogP contribution in [0.2, 0.25) is 0 Å². The van der Waals surface area contributed by atoms with E-state index < -0.39 is 0 Å². The minimum absolute atomic E-state index is 0.223. The first-order valence-electron chi connectivity index (χ1n) is 7.28. The molecule has 1 heterocycles. The zero-order chi connectivity index (χ0) is 14.5. The monoisotopic (exact) mass is 266 g/mol. The highest BCUT2D eigenvalue weighted by atomic mass is 16.3. The maximum atomic E-state index is 5.62. The lowest BCUT2D eigenvalue weighted by atomic mass is 10.1. The van der Waals surface area contributed by atoms with E-state index in [0.29, 0.717) is 6.04 Å². The predicted octanol–water partition coefficient (Wildman–Crippen LogP) is 3.58. The van der Waals surface area contributed by atoms with Gasteiger partial charge in [-0.15, -0.1) is 0 Å². The van der Waals surface area contributed by atoms with Gasteiger partial charge in [-0.3, -0.25) is 4.90 Å². The molecule has 1 aromatic heterocycles. The van der Waals surface area contributed by atoms with Crippen molar-refractivity contribution in [1.29, 1.82) is 0 Å². The van der Waals surface area contributed by atoms with Crippen molar-refractivity contribution >= 4 is 0 Å². The SMILES string of the molecule is Cc1ccc(CN(C)C(C)CCCNC(C)(C)C)o1. The van der Waals surface area contributed by atoms with Crippen LogP contribution < -0.4 is 5.32 Å². The minimum Gasteiger partial charge on any atom is -0.465 e. The summed E-state index contributed by atoms with van der Waals surface area (Å²) in [5.74, 6) is 2.05. The Labute approximate surface area is 118 Å². The predicted molar refractivity (Wildman–Crippen MR) is 81.4 cm³/mol. The normalized spacial score (nSPS) is 14.1. The molecule has 0 fully saturated rings. The van der Waals surface area contributed by atoms with E-state index in [0.717, 1.165) is 24.6 Å². The molecule has 1 unspecified atom stereocenters. The van der Waals surface area contributed by atoms with Gasteiger partial charge >= 0.3 is 0 Å². The molecule has 1 atom stereocenters. The van der Waals surface area contributed by atoms with Gasteiger partial charge in [0.1, 0.15) is 11.5 Å². The van der Waals surface area contributed by atoms with Crippen LogP contribution in [0.4, 0.5) is 0 Å². The molecule has 19 heavy (non-hydrogen) atoms.